The summed E-state index contributed by atoms with van der Waals surface area (Å²) in [4.78, 5) is 25.2. The lowest BCUT2D eigenvalue weighted by Gasteiger charge is -2.45. The van der Waals surface area contributed by atoms with E-state index >= 15 is 0 Å². The van der Waals surface area contributed by atoms with Crippen LogP contribution in [0.15, 0.2) is 30.0 Å². The molecule has 1 aliphatic carbocycles. The van der Waals surface area contributed by atoms with Crippen LogP contribution in [0, 0.1) is 17.3 Å². The van der Waals surface area contributed by atoms with Crippen molar-refractivity contribution in [3.05, 3.63) is 46.1 Å². The molecule has 3 rings (SSSR count). The molecule has 1 saturated carbocycles. The summed E-state index contributed by atoms with van der Waals surface area (Å²) < 4.78 is 0. The van der Waals surface area contributed by atoms with Gasteiger partial charge in [-0.3, -0.25) is 4.79 Å². The van der Waals surface area contributed by atoms with Crippen molar-refractivity contribution in [1.29, 1.82) is 0 Å². The summed E-state index contributed by atoms with van der Waals surface area (Å²) in [5.74, 6) is 0.449. The third-order valence-electron chi connectivity index (χ3n) is 7.06. The zero-order valence-electron chi connectivity index (χ0n) is 19.5. The van der Waals surface area contributed by atoms with Crippen LogP contribution >= 0.6 is 11.6 Å². The highest BCUT2D eigenvalue weighted by atomic mass is 35.5. The van der Waals surface area contributed by atoms with Crippen molar-refractivity contribution in [2.75, 3.05) is 6.54 Å². The molecule has 2 amide bonds. The number of carboxylic acid groups (broad SMARTS) is 1. The predicted octanol–water partition coefficient (Wildman–Crippen LogP) is 6.13. The predicted molar refractivity (Wildman–Crippen MR) is 124 cm³/mol. The van der Waals surface area contributed by atoms with E-state index in [4.69, 9.17) is 16.7 Å². The van der Waals surface area contributed by atoms with Crippen molar-refractivity contribution in [2.45, 2.75) is 72.3 Å². The highest BCUT2D eigenvalue weighted by molar-refractivity contribution is 6.31. The Morgan fingerprint density at radius 3 is 2.48 bits per heavy atom. The van der Waals surface area contributed by atoms with E-state index in [0.29, 0.717) is 11.3 Å². The number of rotatable bonds is 6. The van der Waals surface area contributed by atoms with Crippen molar-refractivity contribution >= 4 is 23.6 Å². The molecule has 1 heterocycles. The normalized spacial score (nSPS) is 26.4. The molecular weight excluding hydrogens is 412 g/mol. The first kappa shape index (κ1) is 23.6. The lowest BCUT2D eigenvalue weighted by atomic mass is 9.61. The molecule has 31 heavy (non-hydrogen) atoms. The Bertz CT molecular complexity index is 897. The number of aliphatic carboxylic acids is 1. The summed E-state index contributed by atoms with van der Waals surface area (Å²) in [6, 6.07) is 5.90. The Labute approximate surface area is 190 Å². The van der Waals surface area contributed by atoms with E-state index in [0.717, 1.165) is 34.9 Å². The van der Waals surface area contributed by atoms with Crippen LogP contribution < -0.4 is 5.32 Å². The smallest absolute Gasteiger partial charge is 0.322 e. The Morgan fingerprint density at radius 1 is 1.32 bits per heavy atom. The van der Waals surface area contributed by atoms with Crippen molar-refractivity contribution in [3.8, 4) is 0 Å². The van der Waals surface area contributed by atoms with Crippen molar-refractivity contribution in [1.82, 2.24) is 10.2 Å². The Balaban J connectivity index is 1.87. The zero-order chi connectivity index (χ0) is 23.1. The van der Waals surface area contributed by atoms with E-state index in [1.54, 1.807) is 0 Å². The number of nitrogens with zero attached hydrogens (tertiary/aromatic N) is 1. The van der Waals surface area contributed by atoms with Gasteiger partial charge in [0, 0.05) is 17.8 Å². The van der Waals surface area contributed by atoms with E-state index in [-0.39, 0.29) is 24.9 Å². The van der Waals surface area contributed by atoms with Gasteiger partial charge in [0.2, 0.25) is 0 Å². The average molecular weight is 447 g/mol. The van der Waals surface area contributed by atoms with E-state index < -0.39 is 11.5 Å². The fraction of sp³-hybridized carbons (Fsp3) is 0.600. The van der Waals surface area contributed by atoms with Crippen LogP contribution in [-0.2, 0) is 10.3 Å². The molecule has 1 aromatic carbocycles. The van der Waals surface area contributed by atoms with Gasteiger partial charge in [-0.25, -0.2) is 4.79 Å². The lowest BCUT2D eigenvalue weighted by Crippen LogP contribution is -2.55. The Hall–Kier alpha value is -2.01. The van der Waals surface area contributed by atoms with E-state index in [9.17, 15) is 9.59 Å². The number of urea groups is 1. The number of nitrogens with one attached hydrogen (secondary N) is 1. The first-order valence-corrected chi connectivity index (χ1v) is 11.5. The molecule has 5 nitrogen and oxygen atoms in total. The quantitative estimate of drug-likeness (QED) is 0.551. The van der Waals surface area contributed by atoms with Gasteiger partial charge in [-0.2, -0.15) is 0 Å². The maximum Gasteiger partial charge on any atom is 0.322 e. The standard InChI is InChI=1S/C25H35ClN2O3/c1-15(2)20-14-28(10-9-22(29)30)23(31)27-25(20,6)17-7-8-19(21(26)13-17)16-11-18(12-16)24(3,4)5/h7-8,13-16,18H,9-12H2,1-6H3,(H,27,31)(H,29,30)/t16?,18?,25-/m0/s1. The maximum atomic E-state index is 12.8. The van der Waals surface area contributed by atoms with Gasteiger partial charge in [0.15, 0.2) is 0 Å². The molecule has 1 aromatic rings. The summed E-state index contributed by atoms with van der Waals surface area (Å²) in [5, 5.41) is 12.8. The summed E-state index contributed by atoms with van der Waals surface area (Å²) in [6.45, 7) is 13.2. The summed E-state index contributed by atoms with van der Waals surface area (Å²) >= 11 is 6.75. The van der Waals surface area contributed by atoms with Gasteiger partial charge >= 0.3 is 12.0 Å². The Kier molecular flexibility index (Phi) is 6.48. The van der Waals surface area contributed by atoms with Gasteiger partial charge in [-0.1, -0.05) is 58.4 Å². The van der Waals surface area contributed by atoms with Gasteiger partial charge in [0.25, 0.3) is 0 Å². The highest BCUT2D eigenvalue weighted by Crippen LogP contribution is 2.51. The SMILES string of the molecule is CC(C)C1=CN(CCC(=O)O)C(=O)N[C@@]1(C)c1ccc(C2CC(C(C)(C)C)C2)c(Cl)c1. The minimum atomic E-state index is -0.923. The number of amides is 2. The van der Waals surface area contributed by atoms with Crippen molar-refractivity contribution < 1.29 is 14.7 Å². The molecule has 6 heteroatoms. The number of carboxylic acids is 1. The van der Waals surface area contributed by atoms with Crippen LogP contribution in [0.5, 0.6) is 0 Å². The van der Waals surface area contributed by atoms with Crippen LogP contribution in [-0.4, -0.2) is 28.6 Å². The monoisotopic (exact) mass is 446 g/mol. The number of halogens is 1. The van der Waals surface area contributed by atoms with E-state index in [1.807, 2.05) is 19.2 Å². The summed E-state index contributed by atoms with van der Waals surface area (Å²) in [7, 11) is 0. The van der Waals surface area contributed by atoms with Gasteiger partial charge in [0.05, 0.1) is 12.0 Å². The first-order valence-electron chi connectivity index (χ1n) is 11.2. The molecule has 0 unspecified atom stereocenters. The molecule has 0 spiro atoms. The number of hydrogen-bond donors (Lipinski definition) is 2. The minimum absolute atomic E-state index is 0.0938. The number of carbonyl (C=O) groups is 2. The highest BCUT2D eigenvalue weighted by Gasteiger charge is 2.41. The minimum Gasteiger partial charge on any atom is -0.481 e. The maximum absolute atomic E-state index is 12.8. The van der Waals surface area contributed by atoms with Crippen LogP contribution in [0.4, 0.5) is 4.79 Å². The number of hydrogen-bond acceptors (Lipinski definition) is 2. The molecule has 1 atom stereocenters. The van der Waals surface area contributed by atoms with Crippen LogP contribution in [0.25, 0.3) is 0 Å². The second-order valence-electron chi connectivity index (χ2n) is 10.6. The number of benzene rings is 1. The van der Waals surface area contributed by atoms with Gasteiger partial charge in [-0.05, 0) is 65.7 Å². The molecule has 0 bridgehead atoms. The number of carbonyl (C=O) groups excluding carboxylic acids is 1. The molecule has 1 aliphatic heterocycles. The third kappa shape index (κ3) is 4.77. The van der Waals surface area contributed by atoms with Gasteiger partial charge in [0.1, 0.15) is 0 Å². The first-order chi connectivity index (χ1) is 14.3. The van der Waals surface area contributed by atoms with Crippen LogP contribution in [0.3, 0.4) is 0 Å². The fourth-order valence-electron chi connectivity index (χ4n) is 4.81. The van der Waals surface area contributed by atoms with Gasteiger partial charge in [-0.15, -0.1) is 0 Å². The average Bonchev–Trinajstić information content (AvgIpc) is 2.59. The van der Waals surface area contributed by atoms with Crippen LogP contribution in [0.2, 0.25) is 5.02 Å². The second-order valence-corrected chi connectivity index (χ2v) is 11.0. The van der Waals surface area contributed by atoms with Gasteiger partial charge < -0.3 is 15.3 Å². The summed E-state index contributed by atoms with van der Waals surface area (Å²) in [5.41, 5.74) is 2.79. The van der Waals surface area contributed by atoms with E-state index in [1.165, 1.54) is 10.5 Å². The van der Waals surface area contributed by atoms with Crippen LogP contribution in [0.1, 0.15) is 77.8 Å². The molecule has 0 saturated heterocycles. The van der Waals surface area contributed by atoms with Crippen molar-refractivity contribution in [2.24, 2.45) is 17.3 Å². The molecule has 2 N–H and O–H groups in total. The zero-order valence-corrected chi connectivity index (χ0v) is 20.2. The third-order valence-corrected chi connectivity index (χ3v) is 7.39. The Morgan fingerprint density at radius 2 is 1.97 bits per heavy atom. The lowest BCUT2D eigenvalue weighted by molar-refractivity contribution is -0.137. The molecule has 170 valence electrons. The van der Waals surface area contributed by atoms with E-state index in [2.05, 4.69) is 52.1 Å². The molecule has 0 radical (unpaired) electrons. The summed E-state index contributed by atoms with van der Waals surface area (Å²) in [6.07, 6.45) is 4.04. The van der Waals surface area contributed by atoms with Crippen molar-refractivity contribution in [3.63, 3.8) is 0 Å². The topological polar surface area (TPSA) is 69.6 Å². The molecule has 0 aromatic heterocycles. The fourth-order valence-corrected chi connectivity index (χ4v) is 5.14. The second kappa shape index (κ2) is 8.50. The molecular formula is C25H35ClN2O3. The molecule has 2 aliphatic rings. The largest absolute Gasteiger partial charge is 0.481 e. The molecule has 1 fully saturated rings.